The molecule has 9 heteroatoms. The van der Waals surface area contributed by atoms with Crippen LogP contribution in [0.2, 0.25) is 0 Å². The van der Waals surface area contributed by atoms with E-state index in [1.165, 1.54) is 28.3 Å². The number of methoxy groups -OCH3 is 3. The summed E-state index contributed by atoms with van der Waals surface area (Å²) in [7, 11) is 3.91. The van der Waals surface area contributed by atoms with Gasteiger partial charge < -0.3 is 29.0 Å². The normalized spacial score (nSPS) is 12.8. The number of esters is 2. The van der Waals surface area contributed by atoms with E-state index in [2.05, 4.69) is 5.32 Å². The minimum absolute atomic E-state index is 0.00651. The highest BCUT2D eigenvalue weighted by Gasteiger charge is 2.48. The Morgan fingerprint density at radius 2 is 1.32 bits per heavy atom. The lowest BCUT2D eigenvalue weighted by Crippen LogP contribution is -2.56. The number of amides is 1. The van der Waals surface area contributed by atoms with Crippen LogP contribution in [0.25, 0.3) is 0 Å². The van der Waals surface area contributed by atoms with Crippen LogP contribution in [0.3, 0.4) is 0 Å². The van der Waals surface area contributed by atoms with Gasteiger partial charge in [0.25, 0.3) is 0 Å². The Bertz CT molecular complexity index is 915. The molecule has 0 aromatic heterocycles. The maximum Gasteiger partial charge on any atom is 0.407 e. The third-order valence-electron chi connectivity index (χ3n) is 5.39. The smallest absolute Gasteiger partial charge is 0.407 e. The third kappa shape index (κ3) is 7.86. The number of nitrogens with one attached hydrogen (secondary N) is 1. The second-order valence-electron chi connectivity index (χ2n) is 7.59. The molecule has 1 N–H and O–H groups in total. The Morgan fingerprint density at radius 1 is 0.824 bits per heavy atom. The van der Waals surface area contributed by atoms with Crippen LogP contribution in [0.4, 0.5) is 4.79 Å². The molecule has 2 aromatic rings. The van der Waals surface area contributed by atoms with Gasteiger partial charge in [-0.25, -0.2) is 4.79 Å². The molecule has 2 aromatic carbocycles. The van der Waals surface area contributed by atoms with Gasteiger partial charge in [0.1, 0.15) is 19.1 Å². The van der Waals surface area contributed by atoms with Crippen LogP contribution < -0.4 is 5.32 Å². The molecule has 1 amide bonds. The van der Waals surface area contributed by atoms with Crippen molar-refractivity contribution in [3.05, 3.63) is 71.8 Å². The largest absolute Gasteiger partial charge is 0.469 e. The van der Waals surface area contributed by atoms with E-state index < -0.39 is 35.8 Å². The lowest BCUT2D eigenvalue weighted by atomic mass is 9.89. The molecular formula is C25H31NO8. The Morgan fingerprint density at radius 3 is 1.79 bits per heavy atom. The highest BCUT2D eigenvalue weighted by atomic mass is 16.7. The summed E-state index contributed by atoms with van der Waals surface area (Å²) in [5.41, 5.74) is 1.55. The zero-order valence-electron chi connectivity index (χ0n) is 19.8. The number of carbonyl (C=O) groups excluding carboxylic acids is 3. The van der Waals surface area contributed by atoms with Gasteiger partial charge in [-0.2, -0.15) is 0 Å². The highest BCUT2D eigenvalue weighted by Crippen LogP contribution is 2.29. The molecule has 2 atom stereocenters. The summed E-state index contributed by atoms with van der Waals surface area (Å²) in [6.45, 7) is 1.51. The van der Waals surface area contributed by atoms with Crippen molar-refractivity contribution in [2.45, 2.75) is 38.4 Å². The molecule has 34 heavy (non-hydrogen) atoms. The number of hydrogen-bond donors (Lipinski definition) is 1. The van der Waals surface area contributed by atoms with E-state index >= 15 is 0 Å². The number of alkyl carbamates (subject to hydrolysis) is 1. The molecule has 0 bridgehead atoms. The van der Waals surface area contributed by atoms with Gasteiger partial charge in [0.05, 0.1) is 19.6 Å². The molecule has 0 saturated heterocycles. The number of hydrogen-bond acceptors (Lipinski definition) is 8. The van der Waals surface area contributed by atoms with E-state index in [1.54, 1.807) is 24.3 Å². The zero-order chi connectivity index (χ0) is 25.0. The summed E-state index contributed by atoms with van der Waals surface area (Å²) in [5.74, 6) is -4.13. The summed E-state index contributed by atoms with van der Waals surface area (Å²) < 4.78 is 26.5. The predicted octanol–water partition coefficient (Wildman–Crippen LogP) is 3.21. The molecule has 0 fully saturated rings. The Hall–Kier alpha value is -3.43. The fourth-order valence-corrected chi connectivity index (χ4v) is 3.33. The van der Waals surface area contributed by atoms with E-state index in [4.69, 9.17) is 23.7 Å². The van der Waals surface area contributed by atoms with Crippen LogP contribution in [0, 0.1) is 5.92 Å². The molecule has 0 aliphatic heterocycles. The Kier molecular flexibility index (Phi) is 10.5. The van der Waals surface area contributed by atoms with Crippen LogP contribution in [0.1, 0.15) is 24.5 Å². The van der Waals surface area contributed by atoms with Crippen LogP contribution in [-0.2, 0) is 46.5 Å². The lowest BCUT2D eigenvalue weighted by molar-refractivity contribution is -0.238. The fraction of sp³-hybridized carbons (Fsp3) is 0.400. The van der Waals surface area contributed by atoms with Crippen LogP contribution in [0.15, 0.2) is 60.7 Å². The first-order valence-corrected chi connectivity index (χ1v) is 10.7. The molecule has 0 aliphatic carbocycles. The molecular weight excluding hydrogens is 442 g/mol. The van der Waals surface area contributed by atoms with Gasteiger partial charge in [-0.1, -0.05) is 60.7 Å². The fourth-order valence-electron chi connectivity index (χ4n) is 3.33. The standard InChI is InChI=1S/C25H31NO8/c1-25(31-3,32-4)22(23(28)33-16-18-11-7-5-8-12-18)20(15-21(27)30-2)26-24(29)34-17-19-13-9-6-10-14-19/h5-14,20,22H,15-17H2,1-4H3,(H,26,29). The monoisotopic (exact) mass is 473 g/mol. The summed E-state index contributed by atoms with van der Waals surface area (Å²) >= 11 is 0. The van der Waals surface area contributed by atoms with E-state index in [9.17, 15) is 14.4 Å². The number of carbonyl (C=O) groups is 3. The summed E-state index contributed by atoms with van der Waals surface area (Å²) in [6, 6.07) is 17.1. The minimum Gasteiger partial charge on any atom is -0.469 e. The molecule has 0 radical (unpaired) electrons. The van der Waals surface area contributed by atoms with Gasteiger partial charge in [-0.3, -0.25) is 9.59 Å². The minimum atomic E-state index is -1.53. The molecule has 2 rings (SSSR count). The van der Waals surface area contributed by atoms with E-state index in [-0.39, 0.29) is 19.6 Å². The van der Waals surface area contributed by atoms with Crippen molar-refractivity contribution in [2.75, 3.05) is 21.3 Å². The van der Waals surface area contributed by atoms with Gasteiger partial charge >= 0.3 is 18.0 Å². The average Bonchev–Trinajstić information content (AvgIpc) is 2.87. The number of ether oxygens (including phenoxy) is 5. The number of rotatable bonds is 12. The molecule has 0 aliphatic rings. The van der Waals surface area contributed by atoms with Crippen LogP contribution in [0.5, 0.6) is 0 Å². The highest BCUT2D eigenvalue weighted by molar-refractivity contribution is 5.79. The van der Waals surface area contributed by atoms with Crippen molar-refractivity contribution < 1.29 is 38.1 Å². The first kappa shape index (κ1) is 26.8. The van der Waals surface area contributed by atoms with Crippen molar-refractivity contribution in [3.8, 4) is 0 Å². The summed E-state index contributed by atoms with van der Waals surface area (Å²) in [6.07, 6.45) is -1.17. The van der Waals surface area contributed by atoms with Crippen LogP contribution in [-0.4, -0.2) is 51.2 Å². The van der Waals surface area contributed by atoms with Gasteiger partial charge in [0.15, 0.2) is 5.79 Å². The number of benzene rings is 2. The second kappa shape index (κ2) is 13.3. The molecule has 184 valence electrons. The molecule has 2 unspecified atom stereocenters. The van der Waals surface area contributed by atoms with Crippen LogP contribution >= 0.6 is 0 Å². The SMILES string of the molecule is COC(=O)CC(NC(=O)OCc1ccccc1)C(C(=O)OCc1ccccc1)C(C)(OC)OC. The maximum atomic E-state index is 13.2. The summed E-state index contributed by atoms with van der Waals surface area (Å²) in [4.78, 5) is 38.0. The lowest BCUT2D eigenvalue weighted by Gasteiger charge is -2.37. The average molecular weight is 474 g/mol. The Labute approximate surface area is 199 Å². The van der Waals surface area contributed by atoms with Gasteiger partial charge in [-0.15, -0.1) is 0 Å². The first-order chi connectivity index (χ1) is 16.3. The van der Waals surface area contributed by atoms with E-state index in [0.717, 1.165) is 11.1 Å². The third-order valence-corrected chi connectivity index (χ3v) is 5.39. The zero-order valence-corrected chi connectivity index (χ0v) is 19.8. The van der Waals surface area contributed by atoms with E-state index in [0.29, 0.717) is 0 Å². The molecule has 0 heterocycles. The molecule has 0 saturated carbocycles. The maximum absolute atomic E-state index is 13.2. The van der Waals surface area contributed by atoms with Gasteiger partial charge in [0, 0.05) is 14.2 Å². The quantitative estimate of drug-likeness (QED) is 0.284. The molecule has 9 nitrogen and oxygen atoms in total. The van der Waals surface area contributed by atoms with Crippen molar-refractivity contribution in [1.29, 1.82) is 0 Å². The second-order valence-corrected chi connectivity index (χ2v) is 7.59. The van der Waals surface area contributed by atoms with Crippen molar-refractivity contribution in [2.24, 2.45) is 5.92 Å². The topological polar surface area (TPSA) is 109 Å². The summed E-state index contributed by atoms with van der Waals surface area (Å²) in [5, 5.41) is 2.58. The van der Waals surface area contributed by atoms with Gasteiger partial charge in [-0.05, 0) is 18.1 Å². The van der Waals surface area contributed by atoms with E-state index in [1.807, 2.05) is 36.4 Å². The first-order valence-electron chi connectivity index (χ1n) is 10.7. The molecule has 0 spiro atoms. The van der Waals surface area contributed by atoms with Crippen molar-refractivity contribution >= 4 is 18.0 Å². The van der Waals surface area contributed by atoms with Gasteiger partial charge in [0.2, 0.25) is 0 Å². The Balaban J connectivity index is 2.23. The van der Waals surface area contributed by atoms with Crippen molar-refractivity contribution in [3.63, 3.8) is 0 Å². The van der Waals surface area contributed by atoms with Crippen molar-refractivity contribution in [1.82, 2.24) is 5.32 Å². The predicted molar refractivity (Wildman–Crippen MR) is 122 cm³/mol.